The molecule has 1 fully saturated rings. The summed E-state index contributed by atoms with van der Waals surface area (Å²) in [7, 11) is -2.87. The normalized spacial score (nSPS) is 26.6. The van der Waals surface area contributed by atoms with E-state index in [1.54, 1.807) is 0 Å². The average molecular weight is 289 g/mol. The first-order chi connectivity index (χ1) is 8.93. The van der Waals surface area contributed by atoms with Crippen LogP contribution in [0.5, 0.6) is 0 Å². The first-order valence-corrected chi connectivity index (χ1v) is 9.81. The fourth-order valence-corrected chi connectivity index (χ4v) is 4.84. The van der Waals surface area contributed by atoms with Crippen molar-refractivity contribution in [3.63, 3.8) is 0 Å². The highest BCUT2D eigenvalue weighted by Crippen LogP contribution is 2.34. The standard InChI is InChI=1S/C15H31NO2S/c1-5-12(6-2)15(16-7-3)13-9-8-10-14(11-13)19(4,17)18/h12-16H,5-11H2,1-4H3. The number of hydrogen-bond donors (Lipinski definition) is 1. The third kappa shape index (κ3) is 4.75. The molecule has 3 unspecified atom stereocenters. The molecule has 0 amide bonds. The van der Waals surface area contributed by atoms with E-state index in [4.69, 9.17) is 0 Å². The third-order valence-corrected chi connectivity index (χ3v) is 6.42. The minimum Gasteiger partial charge on any atom is -0.314 e. The van der Waals surface area contributed by atoms with Crippen molar-refractivity contribution in [2.45, 2.75) is 70.6 Å². The minimum atomic E-state index is -2.87. The van der Waals surface area contributed by atoms with Gasteiger partial charge in [0.1, 0.15) is 9.84 Å². The van der Waals surface area contributed by atoms with Gasteiger partial charge in [-0.05, 0) is 37.6 Å². The molecule has 0 bridgehead atoms. The maximum Gasteiger partial charge on any atom is 0.150 e. The quantitative estimate of drug-likeness (QED) is 0.783. The monoisotopic (exact) mass is 289 g/mol. The Bertz CT molecular complexity index is 349. The average Bonchev–Trinajstić information content (AvgIpc) is 2.38. The van der Waals surface area contributed by atoms with Crippen LogP contribution in [-0.4, -0.2) is 32.5 Å². The summed E-state index contributed by atoms with van der Waals surface area (Å²) in [5.74, 6) is 1.20. The van der Waals surface area contributed by atoms with Crippen LogP contribution in [0.4, 0.5) is 0 Å². The molecule has 3 atom stereocenters. The van der Waals surface area contributed by atoms with Gasteiger partial charge in [0.15, 0.2) is 0 Å². The molecule has 1 rings (SSSR count). The highest BCUT2D eigenvalue weighted by molar-refractivity contribution is 7.91. The van der Waals surface area contributed by atoms with Crippen molar-refractivity contribution in [1.29, 1.82) is 0 Å². The van der Waals surface area contributed by atoms with Crippen molar-refractivity contribution in [2.75, 3.05) is 12.8 Å². The van der Waals surface area contributed by atoms with Crippen molar-refractivity contribution in [3.05, 3.63) is 0 Å². The molecule has 0 aliphatic heterocycles. The van der Waals surface area contributed by atoms with Crippen LogP contribution in [0.1, 0.15) is 59.3 Å². The summed E-state index contributed by atoms with van der Waals surface area (Å²) in [6.45, 7) is 7.61. The Morgan fingerprint density at radius 2 is 1.79 bits per heavy atom. The predicted octanol–water partition coefficient (Wildman–Crippen LogP) is 3.00. The molecule has 3 nitrogen and oxygen atoms in total. The van der Waals surface area contributed by atoms with Crippen molar-refractivity contribution >= 4 is 9.84 Å². The van der Waals surface area contributed by atoms with E-state index < -0.39 is 9.84 Å². The summed E-state index contributed by atoms with van der Waals surface area (Å²) >= 11 is 0. The van der Waals surface area contributed by atoms with E-state index in [9.17, 15) is 8.42 Å². The molecule has 0 radical (unpaired) electrons. The molecule has 0 spiro atoms. The number of sulfone groups is 1. The minimum absolute atomic E-state index is 0.109. The molecule has 0 aromatic rings. The molecule has 1 saturated carbocycles. The van der Waals surface area contributed by atoms with Gasteiger partial charge in [-0.2, -0.15) is 0 Å². The van der Waals surface area contributed by atoms with E-state index in [1.165, 1.54) is 25.5 Å². The van der Waals surface area contributed by atoms with Crippen molar-refractivity contribution in [1.82, 2.24) is 5.32 Å². The zero-order valence-corrected chi connectivity index (χ0v) is 13.8. The molecule has 0 aromatic carbocycles. The van der Waals surface area contributed by atoms with Crippen LogP contribution in [0.25, 0.3) is 0 Å². The molecule has 19 heavy (non-hydrogen) atoms. The Morgan fingerprint density at radius 3 is 2.26 bits per heavy atom. The van der Waals surface area contributed by atoms with E-state index in [2.05, 4.69) is 26.1 Å². The maximum atomic E-state index is 11.8. The summed E-state index contributed by atoms with van der Waals surface area (Å²) in [4.78, 5) is 0. The van der Waals surface area contributed by atoms with Gasteiger partial charge in [0.2, 0.25) is 0 Å². The van der Waals surface area contributed by atoms with Crippen LogP contribution in [0.2, 0.25) is 0 Å². The molecule has 1 N–H and O–H groups in total. The molecule has 1 aliphatic rings. The topological polar surface area (TPSA) is 46.2 Å². The Morgan fingerprint density at radius 1 is 1.16 bits per heavy atom. The van der Waals surface area contributed by atoms with E-state index in [1.807, 2.05) is 0 Å². The van der Waals surface area contributed by atoms with Gasteiger partial charge in [-0.15, -0.1) is 0 Å². The fourth-order valence-electron chi connectivity index (χ4n) is 3.65. The van der Waals surface area contributed by atoms with E-state index in [0.29, 0.717) is 17.9 Å². The molecule has 4 heteroatoms. The number of hydrogen-bond acceptors (Lipinski definition) is 3. The summed E-state index contributed by atoms with van der Waals surface area (Å²) in [5.41, 5.74) is 0. The molecular weight excluding hydrogens is 258 g/mol. The number of rotatable bonds is 7. The second-order valence-corrected chi connectivity index (χ2v) is 8.36. The lowest BCUT2D eigenvalue weighted by molar-refractivity contribution is 0.201. The van der Waals surface area contributed by atoms with Gasteiger partial charge in [-0.3, -0.25) is 0 Å². The fraction of sp³-hybridized carbons (Fsp3) is 1.00. The third-order valence-electron chi connectivity index (χ3n) is 4.78. The summed E-state index contributed by atoms with van der Waals surface area (Å²) in [6, 6.07) is 0.490. The smallest absolute Gasteiger partial charge is 0.150 e. The van der Waals surface area contributed by atoms with E-state index in [0.717, 1.165) is 25.8 Å². The van der Waals surface area contributed by atoms with Crippen molar-refractivity contribution < 1.29 is 8.42 Å². The van der Waals surface area contributed by atoms with Gasteiger partial charge in [-0.1, -0.05) is 40.0 Å². The van der Waals surface area contributed by atoms with E-state index >= 15 is 0 Å². The predicted molar refractivity (Wildman–Crippen MR) is 82.1 cm³/mol. The van der Waals surface area contributed by atoms with Crippen LogP contribution < -0.4 is 5.32 Å². The van der Waals surface area contributed by atoms with Gasteiger partial charge >= 0.3 is 0 Å². The molecular formula is C15H31NO2S. The Balaban J connectivity index is 2.78. The van der Waals surface area contributed by atoms with Gasteiger partial charge in [-0.25, -0.2) is 8.42 Å². The van der Waals surface area contributed by atoms with Crippen LogP contribution in [-0.2, 0) is 9.84 Å². The molecule has 1 aliphatic carbocycles. The first-order valence-electron chi connectivity index (χ1n) is 7.86. The lowest BCUT2D eigenvalue weighted by atomic mass is 9.77. The maximum absolute atomic E-state index is 11.8. The summed E-state index contributed by atoms with van der Waals surface area (Å²) in [6.07, 6.45) is 7.70. The van der Waals surface area contributed by atoms with Gasteiger partial charge in [0, 0.05) is 12.3 Å². The van der Waals surface area contributed by atoms with Crippen LogP contribution in [0.15, 0.2) is 0 Å². The van der Waals surface area contributed by atoms with Gasteiger partial charge in [0.05, 0.1) is 5.25 Å². The highest BCUT2D eigenvalue weighted by atomic mass is 32.2. The Labute approximate surface area is 119 Å². The van der Waals surface area contributed by atoms with Crippen LogP contribution >= 0.6 is 0 Å². The first kappa shape index (κ1) is 17.0. The van der Waals surface area contributed by atoms with Crippen molar-refractivity contribution in [3.8, 4) is 0 Å². The zero-order chi connectivity index (χ0) is 14.5. The second kappa shape index (κ2) is 7.63. The SMILES string of the molecule is CCNC(C(CC)CC)C1CCCC(S(C)(=O)=O)C1. The molecule has 0 aromatic heterocycles. The molecule has 0 saturated heterocycles. The van der Waals surface area contributed by atoms with Crippen LogP contribution in [0, 0.1) is 11.8 Å². The Kier molecular flexibility index (Phi) is 6.81. The van der Waals surface area contributed by atoms with Gasteiger partial charge in [0.25, 0.3) is 0 Å². The van der Waals surface area contributed by atoms with Crippen molar-refractivity contribution in [2.24, 2.45) is 11.8 Å². The summed E-state index contributed by atoms with van der Waals surface area (Å²) < 4.78 is 23.6. The highest BCUT2D eigenvalue weighted by Gasteiger charge is 2.34. The Hall–Kier alpha value is -0.0900. The largest absolute Gasteiger partial charge is 0.314 e. The second-order valence-electron chi connectivity index (χ2n) is 6.04. The van der Waals surface area contributed by atoms with E-state index in [-0.39, 0.29) is 5.25 Å². The van der Waals surface area contributed by atoms with Crippen LogP contribution in [0.3, 0.4) is 0 Å². The molecule has 0 heterocycles. The number of nitrogens with one attached hydrogen (secondary N) is 1. The molecule has 114 valence electrons. The van der Waals surface area contributed by atoms with Gasteiger partial charge < -0.3 is 5.32 Å². The zero-order valence-electron chi connectivity index (χ0n) is 13.0. The lowest BCUT2D eigenvalue weighted by Crippen LogP contribution is -2.45. The lowest BCUT2D eigenvalue weighted by Gasteiger charge is -2.38. The summed E-state index contributed by atoms with van der Waals surface area (Å²) in [5, 5.41) is 3.52.